The van der Waals surface area contributed by atoms with Crippen LogP contribution in [-0.2, 0) is 14.3 Å². The zero-order valence-electron chi connectivity index (χ0n) is 9.45. The van der Waals surface area contributed by atoms with Gasteiger partial charge in [-0.15, -0.1) is 0 Å². The molecule has 1 saturated heterocycles. The highest BCUT2D eigenvalue weighted by Crippen LogP contribution is 2.25. The Balaban J connectivity index is 2.74. The van der Waals surface area contributed by atoms with Crippen LogP contribution in [0.2, 0.25) is 0 Å². The van der Waals surface area contributed by atoms with Gasteiger partial charge in [0.1, 0.15) is 18.8 Å². The maximum absolute atomic E-state index is 11.4. The normalized spacial score (nSPS) is 31.3. The van der Waals surface area contributed by atoms with Gasteiger partial charge in [-0.1, -0.05) is 5.11 Å². The summed E-state index contributed by atoms with van der Waals surface area (Å²) in [7, 11) is 0. The van der Waals surface area contributed by atoms with Crippen molar-refractivity contribution in [2.24, 2.45) is 5.11 Å². The van der Waals surface area contributed by atoms with Crippen molar-refractivity contribution < 1.29 is 34.8 Å². The Morgan fingerprint density at radius 3 is 2.63 bits per heavy atom. The van der Waals surface area contributed by atoms with Crippen molar-refractivity contribution in [1.82, 2.24) is 5.32 Å². The molecule has 19 heavy (non-hydrogen) atoms. The van der Waals surface area contributed by atoms with Gasteiger partial charge < -0.3 is 30.5 Å². The van der Waals surface area contributed by atoms with Crippen molar-refractivity contribution in [3.05, 3.63) is 10.4 Å². The number of carboxylic acids is 1. The molecule has 0 radical (unpaired) electrons. The fourth-order valence-electron chi connectivity index (χ4n) is 1.56. The van der Waals surface area contributed by atoms with E-state index in [0.29, 0.717) is 0 Å². The number of amides is 1. The van der Waals surface area contributed by atoms with Crippen LogP contribution in [0.5, 0.6) is 0 Å². The van der Waals surface area contributed by atoms with Crippen LogP contribution >= 0.6 is 0 Å². The highest BCUT2D eigenvalue weighted by Gasteiger charge is 2.47. The van der Waals surface area contributed by atoms with E-state index in [0.717, 1.165) is 0 Å². The monoisotopic (exact) mass is 276 g/mol. The predicted octanol–water partition coefficient (Wildman–Crippen LogP) is -2.69. The minimum absolute atomic E-state index is 0.722. The first kappa shape index (κ1) is 15.1. The second-order valence-electron chi connectivity index (χ2n) is 3.73. The highest BCUT2D eigenvalue weighted by molar-refractivity contribution is 5.84. The molecule has 1 heterocycles. The molecule has 1 aliphatic heterocycles. The lowest BCUT2D eigenvalue weighted by Gasteiger charge is -2.20. The average Bonchev–Trinajstić information content (AvgIpc) is 2.63. The zero-order valence-corrected chi connectivity index (χ0v) is 9.45. The number of carbonyl (C=O) groups excluding carboxylic acids is 1. The van der Waals surface area contributed by atoms with Gasteiger partial charge in [-0.25, -0.2) is 0 Å². The molecule has 0 aromatic rings. The van der Waals surface area contributed by atoms with E-state index in [1.165, 1.54) is 0 Å². The Bertz CT molecular complexity index is 410. The van der Waals surface area contributed by atoms with E-state index in [-0.39, 0.29) is 0 Å². The van der Waals surface area contributed by atoms with Gasteiger partial charge >= 0.3 is 5.97 Å². The Kier molecular flexibility index (Phi) is 5.03. The number of ether oxygens (including phenoxy) is 1. The molecule has 0 aromatic carbocycles. The lowest BCUT2D eigenvalue weighted by Crippen LogP contribution is -2.47. The second-order valence-corrected chi connectivity index (χ2v) is 3.73. The summed E-state index contributed by atoms with van der Waals surface area (Å²) in [6.45, 7) is -0.722. The highest BCUT2D eigenvalue weighted by atomic mass is 16.6. The molecule has 1 fully saturated rings. The van der Waals surface area contributed by atoms with Crippen LogP contribution in [0.25, 0.3) is 10.4 Å². The third-order valence-corrected chi connectivity index (χ3v) is 2.45. The van der Waals surface area contributed by atoms with Gasteiger partial charge in [-0.3, -0.25) is 9.59 Å². The van der Waals surface area contributed by atoms with Gasteiger partial charge in [0.25, 0.3) is 5.91 Å². The van der Waals surface area contributed by atoms with Crippen LogP contribution in [0.1, 0.15) is 0 Å². The number of azide groups is 1. The number of nitrogens with one attached hydrogen (secondary N) is 1. The van der Waals surface area contributed by atoms with Crippen LogP contribution in [0.3, 0.4) is 0 Å². The molecular formula is C8H12N4O7. The Hall–Kier alpha value is -1.91. The van der Waals surface area contributed by atoms with Crippen LogP contribution < -0.4 is 5.32 Å². The first-order chi connectivity index (χ1) is 8.88. The molecule has 106 valence electrons. The topological polar surface area (TPSA) is 185 Å². The van der Waals surface area contributed by atoms with E-state index in [4.69, 9.17) is 15.4 Å². The van der Waals surface area contributed by atoms with Crippen LogP contribution in [-0.4, -0.2) is 69.5 Å². The van der Waals surface area contributed by atoms with E-state index in [9.17, 15) is 24.9 Å². The van der Waals surface area contributed by atoms with E-state index in [1.54, 1.807) is 0 Å². The molecule has 0 unspecified atom stereocenters. The molecular weight excluding hydrogens is 264 g/mol. The first-order valence-electron chi connectivity index (χ1n) is 5.12. The summed E-state index contributed by atoms with van der Waals surface area (Å²) < 4.78 is 4.71. The van der Waals surface area contributed by atoms with E-state index < -0.39 is 49.1 Å². The summed E-state index contributed by atoms with van der Waals surface area (Å²) in [5, 5.41) is 41.6. The van der Waals surface area contributed by atoms with E-state index in [1.807, 2.05) is 5.32 Å². The number of hydrogen-bond acceptors (Lipinski definition) is 7. The number of nitrogens with zero attached hydrogens (tertiary/aromatic N) is 3. The standard InChI is InChI=1S/C8H12N4O7/c9-12-11-3-4(15)8(18)19-6(3)5(16)7(17)10-1-2(13)14/h3-6,8,15-16,18H,1H2,(H,10,17)(H,13,14)/t3-,4+,5+,6-,8-/m0/s1. The average molecular weight is 276 g/mol. The zero-order chi connectivity index (χ0) is 14.6. The Morgan fingerprint density at radius 1 is 1.47 bits per heavy atom. The number of aliphatic hydroxyl groups excluding tert-OH is 3. The number of carboxylic acid groups (broad SMARTS) is 1. The fraction of sp³-hybridized carbons (Fsp3) is 0.750. The molecule has 11 nitrogen and oxygen atoms in total. The molecule has 0 aliphatic carbocycles. The van der Waals surface area contributed by atoms with Crippen LogP contribution in [0.15, 0.2) is 5.11 Å². The first-order valence-corrected chi connectivity index (χ1v) is 5.12. The molecule has 0 saturated carbocycles. The number of aliphatic hydroxyl groups is 3. The summed E-state index contributed by atoms with van der Waals surface area (Å²) in [6.07, 6.45) is -6.69. The number of rotatable bonds is 5. The molecule has 5 atom stereocenters. The van der Waals surface area contributed by atoms with Crippen LogP contribution in [0.4, 0.5) is 0 Å². The van der Waals surface area contributed by atoms with Crippen molar-refractivity contribution in [2.45, 2.75) is 30.6 Å². The second kappa shape index (κ2) is 6.31. The molecule has 0 bridgehead atoms. The maximum Gasteiger partial charge on any atom is 0.322 e. The van der Waals surface area contributed by atoms with Crippen molar-refractivity contribution >= 4 is 11.9 Å². The number of hydrogen-bond donors (Lipinski definition) is 5. The summed E-state index contributed by atoms with van der Waals surface area (Å²) in [5.41, 5.74) is 8.30. The van der Waals surface area contributed by atoms with Crippen molar-refractivity contribution in [2.75, 3.05) is 6.54 Å². The van der Waals surface area contributed by atoms with Gasteiger partial charge in [0.2, 0.25) is 0 Å². The smallest absolute Gasteiger partial charge is 0.322 e. The van der Waals surface area contributed by atoms with Crippen LogP contribution in [0, 0.1) is 0 Å². The lowest BCUT2D eigenvalue weighted by molar-refractivity contribution is -0.158. The molecule has 0 aromatic heterocycles. The molecule has 11 heteroatoms. The SMILES string of the molecule is [N-]=[N+]=N[C@H]1[C@@H](O)[C@@H](O)O[C@@H]1[C@@H](O)C(=O)NCC(=O)O. The van der Waals surface area contributed by atoms with E-state index >= 15 is 0 Å². The summed E-state index contributed by atoms with van der Waals surface area (Å²) in [5.74, 6) is -2.41. The molecule has 1 amide bonds. The van der Waals surface area contributed by atoms with Gasteiger partial charge in [0, 0.05) is 4.91 Å². The van der Waals surface area contributed by atoms with Gasteiger partial charge in [-0.05, 0) is 5.53 Å². The van der Waals surface area contributed by atoms with Gasteiger partial charge in [0.05, 0.1) is 6.04 Å². The van der Waals surface area contributed by atoms with Crippen molar-refractivity contribution in [3.8, 4) is 0 Å². The minimum atomic E-state index is -1.90. The number of aliphatic carboxylic acids is 1. The summed E-state index contributed by atoms with van der Waals surface area (Å²) in [6, 6.07) is -1.37. The molecule has 1 aliphatic rings. The Labute approximate surface area is 106 Å². The number of carbonyl (C=O) groups is 2. The van der Waals surface area contributed by atoms with Gasteiger partial charge in [0.15, 0.2) is 12.4 Å². The lowest BCUT2D eigenvalue weighted by atomic mass is 10.0. The third kappa shape index (κ3) is 3.53. The quantitative estimate of drug-likeness (QED) is 0.205. The predicted molar refractivity (Wildman–Crippen MR) is 56.5 cm³/mol. The third-order valence-electron chi connectivity index (χ3n) is 2.45. The maximum atomic E-state index is 11.4. The van der Waals surface area contributed by atoms with Crippen molar-refractivity contribution in [1.29, 1.82) is 0 Å². The summed E-state index contributed by atoms with van der Waals surface area (Å²) >= 11 is 0. The molecule has 1 rings (SSSR count). The largest absolute Gasteiger partial charge is 0.480 e. The van der Waals surface area contributed by atoms with Crippen molar-refractivity contribution in [3.63, 3.8) is 0 Å². The van der Waals surface area contributed by atoms with E-state index in [2.05, 4.69) is 10.0 Å². The summed E-state index contributed by atoms with van der Waals surface area (Å²) in [4.78, 5) is 24.0. The molecule has 5 N–H and O–H groups in total. The minimum Gasteiger partial charge on any atom is -0.480 e. The Morgan fingerprint density at radius 2 is 2.11 bits per heavy atom. The fourth-order valence-corrected chi connectivity index (χ4v) is 1.56. The van der Waals surface area contributed by atoms with Gasteiger partial charge in [-0.2, -0.15) is 0 Å². The molecule has 0 spiro atoms.